The summed E-state index contributed by atoms with van der Waals surface area (Å²) in [5.74, 6) is -4.60. The number of fused-ring (bicyclic) bond motifs is 1. The molecular formula is C50H48N8O19S. The van der Waals surface area contributed by atoms with Crippen LogP contribution in [0, 0.1) is 52.3 Å². The third kappa shape index (κ3) is 12.0. The minimum atomic E-state index is -1.52. The zero-order valence-corrected chi connectivity index (χ0v) is 42.2. The van der Waals surface area contributed by atoms with Crippen LogP contribution in [0.1, 0.15) is 42.5 Å². The molecule has 408 valence electrons. The summed E-state index contributed by atoms with van der Waals surface area (Å²) in [6.45, 7) is 0.561. The highest BCUT2D eigenvalue weighted by Gasteiger charge is 2.61. The fourth-order valence-electron chi connectivity index (χ4n) is 9.56. The molecule has 3 fully saturated rings. The van der Waals surface area contributed by atoms with E-state index in [1.54, 1.807) is 6.92 Å². The van der Waals surface area contributed by atoms with E-state index in [2.05, 4.69) is 0 Å². The standard InChI is InChI=1S/C50H48N8O19S/c1-28-42-41(29(2)59)46(61)54(42)43(48(63)75-25-31-5-13-35(14-6-31)56(68)69)44(28)78-38-21-39(53(22-38)50(65)77-27-33-9-17-37(18-10-33)58(72)73)45(60)51-19-20-52(49(64)76-26-32-7-15-36(16-8-32)57(70)71)40(23-51)47(62)74-24-30-3-11-34(12-4-30)55(66)67/h3-18,28-29,38-42,59H,19-27H2,1-2H3/t28-,29-,38+,39+,40?,41-,42-/m1/s1. The van der Waals surface area contributed by atoms with E-state index in [1.165, 1.54) is 114 Å². The number of carbonyl (C=O) groups is 6. The predicted octanol–water partition coefficient (Wildman–Crippen LogP) is 5.54. The lowest BCUT2D eigenvalue weighted by Crippen LogP contribution is -2.63. The lowest BCUT2D eigenvalue weighted by atomic mass is 9.79. The van der Waals surface area contributed by atoms with E-state index in [0.717, 1.165) is 21.6 Å². The van der Waals surface area contributed by atoms with Crippen molar-refractivity contribution >= 4 is 70.5 Å². The quantitative estimate of drug-likeness (QED) is 0.0420. The Labute approximate surface area is 445 Å². The molecule has 7 atom stereocenters. The molecule has 78 heavy (non-hydrogen) atoms. The van der Waals surface area contributed by atoms with Crippen LogP contribution in [0.15, 0.2) is 108 Å². The van der Waals surface area contributed by atoms with Gasteiger partial charge in [0.1, 0.15) is 38.2 Å². The summed E-state index contributed by atoms with van der Waals surface area (Å²) >= 11 is 1.11. The normalized spacial score (nSPS) is 21.0. The molecule has 0 saturated carbocycles. The monoisotopic (exact) mass is 1100 g/mol. The van der Waals surface area contributed by atoms with Crippen LogP contribution in [0.5, 0.6) is 0 Å². The van der Waals surface area contributed by atoms with E-state index in [0.29, 0.717) is 27.2 Å². The first-order valence-electron chi connectivity index (χ1n) is 24.0. The number of piperazine rings is 1. The number of aliphatic hydroxyl groups is 1. The second-order valence-electron chi connectivity index (χ2n) is 18.6. The minimum Gasteiger partial charge on any atom is -0.459 e. The Bertz CT molecular complexity index is 3070. The second kappa shape index (κ2) is 23.5. The number of likely N-dealkylation sites (tertiary alicyclic amines) is 1. The molecule has 0 aliphatic carbocycles. The number of esters is 2. The molecular weight excluding hydrogens is 1050 g/mol. The number of aliphatic hydroxyl groups excluding tert-OH is 1. The number of benzene rings is 4. The largest absolute Gasteiger partial charge is 0.459 e. The number of ether oxygens (including phenoxy) is 4. The molecule has 1 unspecified atom stereocenters. The van der Waals surface area contributed by atoms with E-state index in [-0.39, 0.29) is 74.3 Å². The number of carbonyl (C=O) groups excluding carboxylic acids is 6. The van der Waals surface area contributed by atoms with Gasteiger partial charge in [0.25, 0.3) is 22.7 Å². The molecule has 27 nitrogen and oxygen atoms in total. The third-order valence-electron chi connectivity index (χ3n) is 13.6. The summed E-state index contributed by atoms with van der Waals surface area (Å²) in [4.78, 5) is 132. The van der Waals surface area contributed by atoms with Crippen molar-refractivity contribution in [2.45, 2.75) is 76.2 Å². The van der Waals surface area contributed by atoms with Gasteiger partial charge in [0, 0.05) is 84.2 Å². The molecule has 1 N–H and O–H groups in total. The van der Waals surface area contributed by atoms with E-state index >= 15 is 0 Å². The maximum absolute atomic E-state index is 15.0. The smallest absolute Gasteiger partial charge is 0.410 e. The van der Waals surface area contributed by atoms with Crippen molar-refractivity contribution in [1.82, 2.24) is 19.6 Å². The van der Waals surface area contributed by atoms with Gasteiger partial charge in [-0.1, -0.05) is 6.92 Å². The van der Waals surface area contributed by atoms with Crippen LogP contribution in [-0.4, -0.2) is 136 Å². The molecule has 0 radical (unpaired) electrons. The number of rotatable bonds is 18. The fourth-order valence-corrected chi connectivity index (χ4v) is 11.1. The van der Waals surface area contributed by atoms with Crippen molar-refractivity contribution in [1.29, 1.82) is 0 Å². The maximum Gasteiger partial charge on any atom is 0.410 e. The van der Waals surface area contributed by atoms with Crippen molar-refractivity contribution < 1.29 is 72.5 Å². The van der Waals surface area contributed by atoms with Gasteiger partial charge in [-0.15, -0.1) is 11.8 Å². The number of non-ortho nitro benzene ring substituents is 4. The van der Waals surface area contributed by atoms with Crippen LogP contribution >= 0.6 is 11.8 Å². The van der Waals surface area contributed by atoms with Crippen LogP contribution in [0.2, 0.25) is 0 Å². The van der Waals surface area contributed by atoms with E-state index in [4.69, 9.17) is 18.9 Å². The molecule has 4 aliphatic heterocycles. The number of amides is 4. The Morgan fingerprint density at radius 3 is 1.47 bits per heavy atom. The number of hydrogen-bond acceptors (Lipinski definition) is 20. The maximum atomic E-state index is 15.0. The molecule has 28 heteroatoms. The van der Waals surface area contributed by atoms with Gasteiger partial charge < -0.3 is 33.9 Å². The van der Waals surface area contributed by atoms with Crippen molar-refractivity contribution in [2.75, 3.05) is 26.2 Å². The zero-order valence-electron chi connectivity index (χ0n) is 41.4. The molecule has 4 amide bonds. The zero-order chi connectivity index (χ0) is 56.1. The highest BCUT2D eigenvalue weighted by atomic mass is 32.2. The lowest BCUT2D eigenvalue weighted by Gasteiger charge is -2.46. The van der Waals surface area contributed by atoms with Gasteiger partial charge in [0.15, 0.2) is 6.04 Å². The molecule has 0 aromatic heterocycles. The summed E-state index contributed by atoms with van der Waals surface area (Å²) in [7, 11) is 0. The van der Waals surface area contributed by atoms with Crippen LogP contribution in [0.3, 0.4) is 0 Å². The molecule has 4 aromatic rings. The first-order chi connectivity index (χ1) is 37.2. The Balaban J connectivity index is 1.05. The van der Waals surface area contributed by atoms with E-state index < -0.39 is 110 Å². The summed E-state index contributed by atoms with van der Waals surface area (Å²) in [6, 6.07) is 17.3. The number of hydrogen-bond donors (Lipinski definition) is 1. The highest BCUT2D eigenvalue weighted by molar-refractivity contribution is 8.03. The number of nitro groups is 4. The first-order valence-corrected chi connectivity index (χ1v) is 24.9. The molecule has 4 aromatic carbocycles. The van der Waals surface area contributed by atoms with Crippen molar-refractivity contribution in [3.8, 4) is 0 Å². The van der Waals surface area contributed by atoms with E-state index in [9.17, 15) is 74.3 Å². The van der Waals surface area contributed by atoms with Crippen molar-refractivity contribution in [3.05, 3.63) is 170 Å². The van der Waals surface area contributed by atoms with Crippen LogP contribution in [0.25, 0.3) is 0 Å². The predicted molar refractivity (Wildman–Crippen MR) is 268 cm³/mol. The molecule has 4 aliphatic rings. The van der Waals surface area contributed by atoms with Crippen molar-refractivity contribution in [3.63, 3.8) is 0 Å². The average molecular weight is 1100 g/mol. The summed E-state index contributed by atoms with van der Waals surface area (Å²) < 4.78 is 22.5. The lowest BCUT2D eigenvalue weighted by molar-refractivity contribution is -0.385. The average Bonchev–Trinajstić information content (AvgIpc) is 4.15. The Kier molecular flexibility index (Phi) is 16.6. The second-order valence-corrected chi connectivity index (χ2v) is 19.9. The SMILES string of the molecule is C[C@@H](O)[C@H]1C(=O)N2C(C(=O)OCc3ccc([N+](=O)[O-])cc3)=C(S[C@H]3C[C@@H](C(=O)N4CCN(C(=O)OCc5ccc([N+](=O)[O-])cc5)C(C(=O)OCc5ccc([N+](=O)[O-])cc5)C4)N(C(=O)OCc4ccc([N+](=O)[O-])cc4)C3)[C@H](C)[C@H]12. The first kappa shape index (κ1) is 55.2. The Morgan fingerprint density at radius 2 is 1.04 bits per heavy atom. The van der Waals surface area contributed by atoms with Gasteiger partial charge in [-0.05, 0) is 84.1 Å². The molecule has 8 rings (SSSR count). The van der Waals surface area contributed by atoms with Gasteiger partial charge in [-0.3, -0.25) is 59.8 Å². The third-order valence-corrected chi connectivity index (χ3v) is 15.1. The summed E-state index contributed by atoms with van der Waals surface area (Å²) in [6.07, 6.45) is -3.18. The molecule has 0 spiro atoms. The molecule has 4 heterocycles. The highest BCUT2D eigenvalue weighted by Crippen LogP contribution is 2.52. The topological polar surface area (TPSA) is 345 Å². The number of thioether (sulfide) groups is 1. The Hall–Kier alpha value is -9.05. The van der Waals surface area contributed by atoms with Gasteiger partial charge in [-0.2, -0.15) is 0 Å². The minimum absolute atomic E-state index is 0.0946. The van der Waals surface area contributed by atoms with E-state index in [1.807, 2.05) is 0 Å². The van der Waals surface area contributed by atoms with Crippen molar-refractivity contribution in [2.24, 2.45) is 11.8 Å². The van der Waals surface area contributed by atoms with Gasteiger partial charge in [-0.25, -0.2) is 19.2 Å². The van der Waals surface area contributed by atoms with Gasteiger partial charge in [0.2, 0.25) is 11.8 Å². The number of nitrogens with zero attached hydrogens (tertiary/aromatic N) is 8. The van der Waals surface area contributed by atoms with Gasteiger partial charge in [0.05, 0.1) is 44.3 Å². The summed E-state index contributed by atoms with van der Waals surface area (Å²) in [5.41, 5.74) is 0.573. The van der Waals surface area contributed by atoms with Crippen LogP contribution < -0.4 is 0 Å². The van der Waals surface area contributed by atoms with Crippen LogP contribution in [-0.2, 0) is 64.6 Å². The molecule has 0 bridgehead atoms. The number of nitro benzene ring substituents is 4. The van der Waals surface area contributed by atoms with Crippen LogP contribution in [0.4, 0.5) is 32.3 Å². The summed E-state index contributed by atoms with van der Waals surface area (Å²) in [5, 5.41) is 54.9. The number of β-lactam (4-membered cyclic amide) rings is 1. The Morgan fingerprint density at radius 1 is 0.615 bits per heavy atom. The molecule has 3 saturated heterocycles. The fraction of sp³-hybridized carbons (Fsp3) is 0.360. The van der Waals surface area contributed by atoms with Gasteiger partial charge >= 0.3 is 24.1 Å².